The summed E-state index contributed by atoms with van der Waals surface area (Å²) in [7, 11) is 0. The van der Waals surface area contributed by atoms with Crippen LogP contribution in [0.3, 0.4) is 0 Å². The van der Waals surface area contributed by atoms with Crippen molar-refractivity contribution in [3.63, 3.8) is 0 Å². The van der Waals surface area contributed by atoms with E-state index < -0.39 is 0 Å². The topological polar surface area (TPSA) is 49.3 Å². The van der Waals surface area contributed by atoms with Crippen LogP contribution in [0, 0.1) is 6.92 Å². The summed E-state index contributed by atoms with van der Waals surface area (Å²) in [5.41, 5.74) is 3.07. The van der Waals surface area contributed by atoms with E-state index in [0.29, 0.717) is 5.92 Å². The zero-order valence-electron chi connectivity index (χ0n) is 10.1. The van der Waals surface area contributed by atoms with Gasteiger partial charge in [0, 0.05) is 5.69 Å². The molecule has 0 atom stereocenters. The lowest BCUT2D eigenvalue weighted by Crippen LogP contribution is -2.15. The van der Waals surface area contributed by atoms with Gasteiger partial charge in [-0.05, 0) is 24.0 Å². The van der Waals surface area contributed by atoms with Crippen molar-refractivity contribution in [2.24, 2.45) is 0 Å². The van der Waals surface area contributed by atoms with Gasteiger partial charge in [-0.25, -0.2) is 0 Å². The second-order valence-corrected chi connectivity index (χ2v) is 4.22. The zero-order valence-corrected chi connectivity index (χ0v) is 10.1. The molecule has 0 spiro atoms. The molecule has 3 nitrogen and oxygen atoms in total. The van der Waals surface area contributed by atoms with Crippen LogP contribution in [-0.2, 0) is 4.79 Å². The molecule has 1 amide bonds. The first-order chi connectivity index (χ1) is 7.56. The molecule has 0 aliphatic carbocycles. The van der Waals surface area contributed by atoms with Crippen molar-refractivity contribution in [1.82, 2.24) is 0 Å². The van der Waals surface area contributed by atoms with Gasteiger partial charge in [0.25, 0.3) is 0 Å². The normalized spacial score (nSPS) is 10.6. The number of aryl methyl sites for hydroxylation is 1. The molecular weight excluding hydrogens is 202 g/mol. The molecule has 0 aliphatic heterocycles. The smallest absolute Gasteiger partial charge is 0.226 e. The van der Waals surface area contributed by atoms with E-state index in [1.807, 2.05) is 25.1 Å². The lowest BCUT2D eigenvalue weighted by molar-refractivity contribution is -0.116. The predicted octanol–water partition coefficient (Wildman–Crippen LogP) is 2.44. The first-order valence-electron chi connectivity index (χ1n) is 5.56. The Kier molecular flexibility index (Phi) is 4.50. The monoisotopic (exact) mass is 221 g/mol. The number of carbonyl (C=O) groups excluding carboxylic acids is 1. The molecule has 1 rings (SSSR count). The number of hydrogen-bond donors (Lipinski definition) is 2. The lowest BCUT2D eigenvalue weighted by atomic mass is 9.98. The van der Waals surface area contributed by atoms with Crippen LogP contribution < -0.4 is 5.32 Å². The van der Waals surface area contributed by atoms with E-state index in [9.17, 15) is 4.79 Å². The van der Waals surface area contributed by atoms with E-state index in [-0.39, 0.29) is 18.9 Å². The van der Waals surface area contributed by atoms with Crippen LogP contribution in [0.5, 0.6) is 0 Å². The maximum atomic E-state index is 11.5. The summed E-state index contributed by atoms with van der Waals surface area (Å²) >= 11 is 0. The van der Waals surface area contributed by atoms with Crippen LogP contribution in [0.1, 0.15) is 37.3 Å². The Morgan fingerprint density at radius 2 is 2.12 bits per heavy atom. The molecule has 88 valence electrons. The SMILES string of the molecule is Cc1cccc(C(C)C)c1NC(=O)CCO. The highest BCUT2D eigenvalue weighted by Crippen LogP contribution is 2.27. The second kappa shape index (κ2) is 5.66. The number of para-hydroxylation sites is 1. The number of amides is 1. The van der Waals surface area contributed by atoms with E-state index >= 15 is 0 Å². The largest absolute Gasteiger partial charge is 0.396 e. The summed E-state index contributed by atoms with van der Waals surface area (Å²) in [6.07, 6.45) is 0.145. The number of benzene rings is 1. The molecule has 0 radical (unpaired) electrons. The minimum atomic E-state index is -0.140. The average molecular weight is 221 g/mol. The number of aliphatic hydroxyl groups excluding tert-OH is 1. The number of aliphatic hydroxyl groups is 1. The van der Waals surface area contributed by atoms with Gasteiger partial charge in [-0.15, -0.1) is 0 Å². The van der Waals surface area contributed by atoms with Gasteiger partial charge in [0.2, 0.25) is 5.91 Å². The molecule has 0 saturated heterocycles. The fraction of sp³-hybridized carbons (Fsp3) is 0.462. The molecule has 0 unspecified atom stereocenters. The van der Waals surface area contributed by atoms with Gasteiger partial charge >= 0.3 is 0 Å². The maximum absolute atomic E-state index is 11.5. The molecule has 0 heterocycles. The fourth-order valence-electron chi connectivity index (χ4n) is 1.65. The lowest BCUT2D eigenvalue weighted by Gasteiger charge is -2.16. The van der Waals surface area contributed by atoms with E-state index in [4.69, 9.17) is 5.11 Å². The fourth-order valence-corrected chi connectivity index (χ4v) is 1.65. The molecule has 0 saturated carbocycles. The second-order valence-electron chi connectivity index (χ2n) is 4.22. The number of nitrogens with one attached hydrogen (secondary N) is 1. The number of carbonyl (C=O) groups is 1. The highest BCUT2D eigenvalue weighted by molar-refractivity contribution is 5.92. The van der Waals surface area contributed by atoms with Crippen molar-refractivity contribution in [3.05, 3.63) is 29.3 Å². The average Bonchev–Trinajstić information content (AvgIpc) is 2.21. The first-order valence-corrected chi connectivity index (χ1v) is 5.56. The molecule has 1 aromatic rings. The Hall–Kier alpha value is -1.35. The number of rotatable bonds is 4. The van der Waals surface area contributed by atoms with Crippen LogP contribution in [0.25, 0.3) is 0 Å². The summed E-state index contributed by atoms with van der Waals surface area (Å²) in [6, 6.07) is 5.99. The summed E-state index contributed by atoms with van der Waals surface area (Å²) in [6.45, 7) is 6.04. The quantitative estimate of drug-likeness (QED) is 0.820. The third kappa shape index (κ3) is 3.07. The number of hydrogen-bond acceptors (Lipinski definition) is 2. The Morgan fingerprint density at radius 1 is 1.44 bits per heavy atom. The summed E-state index contributed by atoms with van der Waals surface area (Å²) in [5.74, 6) is 0.225. The van der Waals surface area contributed by atoms with Crippen molar-refractivity contribution in [3.8, 4) is 0 Å². The van der Waals surface area contributed by atoms with Crippen LogP contribution in [0.2, 0.25) is 0 Å². The molecule has 16 heavy (non-hydrogen) atoms. The zero-order chi connectivity index (χ0) is 12.1. The van der Waals surface area contributed by atoms with Crippen molar-refractivity contribution < 1.29 is 9.90 Å². The highest BCUT2D eigenvalue weighted by atomic mass is 16.3. The molecule has 0 aromatic heterocycles. The number of anilines is 1. The van der Waals surface area contributed by atoms with E-state index in [1.165, 1.54) is 0 Å². The standard InChI is InChI=1S/C13H19NO2/c1-9(2)11-6-4-5-10(3)13(11)14-12(16)7-8-15/h4-6,9,15H,7-8H2,1-3H3,(H,14,16). The van der Waals surface area contributed by atoms with Crippen LogP contribution in [-0.4, -0.2) is 17.6 Å². The van der Waals surface area contributed by atoms with Crippen molar-refractivity contribution in [1.29, 1.82) is 0 Å². The van der Waals surface area contributed by atoms with Crippen LogP contribution in [0.15, 0.2) is 18.2 Å². The maximum Gasteiger partial charge on any atom is 0.226 e. The summed E-state index contributed by atoms with van der Waals surface area (Å²) in [5, 5.41) is 11.6. The Morgan fingerprint density at radius 3 is 2.69 bits per heavy atom. The Balaban J connectivity index is 2.97. The van der Waals surface area contributed by atoms with Gasteiger partial charge in [0.15, 0.2) is 0 Å². The molecule has 2 N–H and O–H groups in total. The third-order valence-corrected chi connectivity index (χ3v) is 2.53. The van der Waals surface area contributed by atoms with Gasteiger partial charge in [0.1, 0.15) is 0 Å². The molecule has 0 aliphatic rings. The Bertz CT molecular complexity index is 372. The van der Waals surface area contributed by atoms with Gasteiger partial charge < -0.3 is 10.4 Å². The van der Waals surface area contributed by atoms with Crippen LogP contribution in [0.4, 0.5) is 5.69 Å². The molecule has 3 heteroatoms. The summed E-state index contributed by atoms with van der Waals surface area (Å²) in [4.78, 5) is 11.5. The van der Waals surface area contributed by atoms with E-state index in [2.05, 4.69) is 19.2 Å². The van der Waals surface area contributed by atoms with Gasteiger partial charge in [0.05, 0.1) is 13.0 Å². The minimum Gasteiger partial charge on any atom is -0.396 e. The minimum absolute atomic E-state index is 0.116. The first kappa shape index (κ1) is 12.7. The van der Waals surface area contributed by atoms with E-state index in [1.54, 1.807) is 0 Å². The van der Waals surface area contributed by atoms with E-state index in [0.717, 1.165) is 16.8 Å². The molecule has 0 bridgehead atoms. The molecule has 1 aromatic carbocycles. The molecule has 0 fully saturated rings. The Labute approximate surface area is 96.5 Å². The third-order valence-electron chi connectivity index (χ3n) is 2.53. The van der Waals surface area contributed by atoms with Gasteiger partial charge in [-0.1, -0.05) is 32.0 Å². The summed E-state index contributed by atoms with van der Waals surface area (Å²) < 4.78 is 0. The highest BCUT2D eigenvalue weighted by Gasteiger charge is 2.11. The van der Waals surface area contributed by atoms with Gasteiger partial charge in [-0.3, -0.25) is 4.79 Å². The van der Waals surface area contributed by atoms with Crippen molar-refractivity contribution in [2.75, 3.05) is 11.9 Å². The van der Waals surface area contributed by atoms with Crippen molar-refractivity contribution in [2.45, 2.75) is 33.1 Å². The predicted molar refractivity (Wildman–Crippen MR) is 65.6 cm³/mol. The van der Waals surface area contributed by atoms with Crippen molar-refractivity contribution >= 4 is 11.6 Å². The van der Waals surface area contributed by atoms with Crippen LogP contribution >= 0.6 is 0 Å². The van der Waals surface area contributed by atoms with Gasteiger partial charge in [-0.2, -0.15) is 0 Å². The molecular formula is C13H19NO2.